The Hall–Kier alpha value is -2.04. The Morgan fingerprint density at radius 1 is 1.00 bits per heavy atom. The fourth-order valence-corrected chi connectivity index (χ4v) is 1.68. The normalized spacial score (nSPS) is 10.0. The maximum absolute atomic E-state index is 11.7. The van der Waals surface area contributed by atoms with E-state index in [9.17, 15) is 9.59 Å². The summed E-state index contributed by atoms with van der Waals surface area (Å²) in [6, 6.07) is 5.25. The predicted octanol–water partition coefficient (Wildman–Crippen LogP) is 3.18. The van der Waals surface area contributed by atoms with Gasteiger partial charge in [0.25, 0.3) is 0 Å². The number of hydrogen-bond acceptors (Lipinski definition) is 4. The molecule has 5 nitrogen and oxygen atoms in total. The number of amides is 1. The van der Waals surface area contributed by atoms with Crippen LogP contribution in [0.5, 0.6) is 11.5 Å². The molecule has 1 aromatic carbocycles. The molecule has 0 saturated heterocycles. The molecular weight excluding hydrogens is 270 g/mol. The van der Waals surface area contributed by atoms with E-state index < -0.39 is 0 Å². The molecule has 0 spiro atoms. The monoisotopic (exact) mass is 293 g/mol. The molecule has 116 valence electrons. The Morgan fingerprint density at radius 2 is 1.52 bits per heavy atom. The zero-order valence-electron chi connectivity index (χ0n) is 12.9. The fourth-order valence-electron chi connectivity index (χ4n) is 1.68. The van der Waals surface area contributed by atoms with Gasteiger partial charge >= 0.3 is 0 Å². The molecule has 0 aliphatic carbocycles. The smallest absolute Gasteiger partial charge is 0.231 e. The predicted molar refractivity (Wildman–Crippen MR) is 81.9 cm³/mol. The molecule has 1 rings (SSSR count). The highest BCUT2D eigenvalue weighted by atomic mass is 16.5. The minimum atomic E-state index is -0.336. The van der Waals surface area contributed by atoms with Gasteiger partial charge in [-0.15, -0.1) is 0 Å². The number of benzene rings is 1. The van der Waals surface area contributed by atoms with E-state index in [0.717, 1.165) is 12.8 Å². The van der Waals surface area contributed by atoms with Crippen molar-refractivity contribution < 1.29 is 19.1 Å². The lowest BCUT2D eigenvalue weighted by Crippen LogP contribution is -2.15. The van der Waals surface area contributed by atoms with E-state index in [-0.39, 0.29) is 18.1 Å². The second kappa shape index (κ2) is 9.00. The first kappa shape index (κ1) is 17.0. The molecule has 0 fully saturated rings. The van der Waals surface area contributed by atoms with E-state index in [1.165, 1.54) is 6.92 Å². The van der Waals surface area contributed by atoms with Gasteiger partial charge in [-0.3, -0.25) is 9.59 Å². The van der Waals surface area contributed by atoms with Crippen LogP contribution < -0.4 is 14.8 Å². The molecule has 0 aliphatic heterocycles. The van der Waals surface area contributed by atoms with Crippen molar-refractivity contribution in [2.24, 2.45) is 0 Å². The van der Waals surface area contributed by atoms with Crippen molar-refractivity contribution in [3.05, 3.63) is 18.2 Å². The van der Waals surface area contributed by atoms with Crippen molar-refractivity contribution >= 4 is 17.4 Å². The molecule has 0 saturated carbocycles. The molecule has 1 N–H and O–H groups in total. The lowest BCUT2D eigenvalue weighted by Gasteiger charge is -2.12. The molecule has 5 heteroatoms. The van der Waals surface area contributed by atoms with Crippen LogP contribution in [0.25, 0.3) is 0 Å². The highest BCUT2D eigenvalue weighted by Crippen LogP contribution is 2.26. The Labute approximate surface area is 125 Å². The van der Waals surface area contributed by atoms with Crippen LogP contribution in [-0.4, -0.2) is 24.9 Å². The summed E-state index contributed by atoms with van der Waals surface area (Å²) >= 11 is 0. The maximum Gasteiger partial charge on any atom is 0.231 e. The number of Topliss-reactive ketones (excluding diaryl/α,β-unsaturated/α-hetero) is 1. The van der Waals surface area contributed by atoms with Crippen LogP contribution in [0, 0.1) is 0 Å². The molecular formula is C16H23NO4. The third kappa shape index (κ3) is 6.79. The molecule has 0 atom stereocenters. The van der Waals surface area contributed by atoms with Gasteiger partial charge in [-0.25, -0.2) is 0 Å². The van der Waals surface area contributed by atoms with Crippen molar-refractivity contribution in [2.45, 2.75) is 40.0 Å². The second-order valence-electron chi connectivity index (χ2n) is 4.82. The third-order valence-electron chi connectivity index (χ3n) is 2.52. The Bertz CT molecular complexity index is 459. The van der Waals surface area contributed by atoms with E-state index >= 15 is 0 Å². The lowest BCUT2D eigenvalue weighted by molar-refractivity contribution is -0.124. The average molecular weight is 293 g/mol. The molecule has 21 heavy (non-hydrogen) atoms. The van der Waals surface area contributed by atoms with Gasteiger partial charge in [0.2, 0.25) is 5.91 Å². The molecule has 1 aromatic rings. The number of anilines is 1. The minimum absolute atomic E-state index is 0.134. The first-order valence-electron chi connectivity index (χ1n) is 7.25. The van der Waals surface area contributed by atoms with Crippen LogP contribution >= 0.6 is 0 Å². The number of carbonyl (C=O) groups is 2. The first-order chi connectivity index (χ1) is 10.0. The van der Waals surface area contributed by atoms with Crippen LogP contribution in [0.1, 0.15) is 40.0 Å². The summed E-state index contributed by atoms with van der Waals surface area (Å²) in [5.41, 5.74) is 0.570. The largest absolute Gasteiger partial charge is 0.493 e. The summed E-state index contributed by atoms with van der Waals surface area (Å²) < 4.78 is 11.2. The Kier molecular flexibility index (Phi) is 7.29. The van der Waals surface area contributed by atoms with Crippen LogP contribution in [-0.2, 0) is 9.59 Å². The summed E-state index contributed by atoms with van der Waals surface area (Å²) in [6.07, 6.45) is 1.66. The third-order valence-corrected chi connectivity index (χ3v) is 2.52. The molecule has 0 aromatic heterocycles. The molecule has 0 unspecified atom stereocenters. The van der Waals surface area contributed by atoms with Crippen molar-refractivity contribution in [1.82, 2.24) is 0 Å². The van der Waals surface area contributed by atoms with E-state index in [0.29, 0.717) is 30.4 Å². The molecule has 1 amide bonds. The molecule has 0 radical (unpaired) electrons. The average Bonchev–Trinajstić information content (AvgIpc) is 2.41. The Morgan fingerprint density at radius 3 is 1.95 bits per heavy atom. The number of nitrogens with one attached hydrogen (secondary N) is 1. The molecule has 0 aliphatic rings. The number of carbonyl (C=O) groups excluding carboxylic acids is 2. The fraction of sp³-hybridized carbons (Fsp3) is 0.500. The number of hydrogen-bond donors (Lipinski definition) is 1. The van der Waals surface area contributed by atoms with Crippen LogP contribution in [0.4, 0.5) is 5.69 Å². The minimum Gasteiger partial charge on any atom is -0.493 e. The van der Waals surface area contributed by atoms with Gasteiger partial charge in [-0.05, 0) is 19.8 Å². The van der Waals surface area contributed by atoms with Gasteiger partial charge in [0, 0.05) is 23.9 Å². The summed E-state index contributed by atoms with van der Waals surface area (Å²) in [5.74, 6) is 0.775. The van der Waals surface area contributed by atoms with Gasteiger partial charge in [-0.2, -0.15) is 0 Å². The van der Waals surface area contributed by atoms with Gasteiger partial charge in [0.05, 0.1) is 19.6 Å². The summed E-state index contributed by atoms with van der Waals surface area (Å²) in [5, 5.41) is 2.69. The summed E-state index contributed by atoms with van der Waals surface area (Å²) in [6.45, 7) is 6.62. The molecule has 0 heterocycles. The maximum atomic E-state index is 11.7. The molecule has 0 bridgehead atoms. The van der Waals surface area contributed by atoms with Gasteiger partial charge in [0.15, 0.2) is 0 Å². The standard InChI is InChI=1S/C16H23NO4/c1-4-6-20-14-9-13(17-16(19)8-12(3)18)10-15(11-14)21-7-5-2/h9-11H,4-8H2,1-3H3,(H,17,19). The van der Waals surface area contributed by atoms with Crippen molar-refractivity contribution in [3.63, 3.8) is 0 Å². The number of ether oxygens (including phenoxy) is 2. The summed E-state index contributed by atoms with van der Waals surface area (Å²) in [4.78, 5) is 22.6. The zero-order chi connectivity index (χ0) is 15.7. The van der Waals surface area contributed by atoms with Crippen LogP contribution in [0.2, 0.25) is 0 Å². The van der Waals surface area contributed by atoms with E-state index in [2.05, 4.69) is 5.32 Å². The number of ketones is 1. The van der Waals surface area contributed by atoms with Gasteiger partial charge in [-0.1, -0.05) is 13.8 Å². The van der Waals surface area contributed by atoms with E-state index in [1.807, 2.05) is 13.8 Å². The van der Waals surface area contributed by atoms with Crippen molar-refractivity contribution in [3.8, 4) is 11.5 Å². The first-order valence-corrected chi connectivity index (χ1v) is 7.25. The van der Waals surface area contributed by atoms with Crippen LogP contribution in [0.3, 0.4) is 0 Å². The highest BCUT2D eigenvalue weighted by molar-refractivity contribution is 6.03. The zero-order valence-corrected chi connectivity index (χ0v) is 12.9. The van der Waals surface area contributed by atoms with Crippen LogP contribution in [0.15, 0.2) is 18.2 Å². The van der Waals surface area contributed by atoms with E-state index in [1.54, 1.807) is 18.2 Å². The van der Waals surface area contributed by atoms with Crippen molar-refractivity contribution in [1.29, 1.82) is 0 Å². The van der Waals surface area contributed by atoms with Gasteiger partial charge < -0.3 is 14.8 Å². The topological polar surface area (TPSA) is 64.6 Å². The SMILES string of the molecule is CCCOc1cc(NC(=O)CC(C)=O)cc(OCCC)c1. The lowest BCUT2D eigenvalue weighted by atomic mass is 10.2. The summed E-state index contributed by atoms with van der Waals surface area (Å²) in [7, 11) is 0. The number of rotatable bonds is 9. The highest BCUT2D eigenvalue weighted by Gasteiger charge is 2.08. The van der Waals surface area contributed by atoms with E-state index in [4.69, 9.17) is 9.47 Å². The van der Waals surface area contributed by atoms with Crippen molar-refractivity contribution in [2.75, 3.05) is 18.5 Å². The van der Waals surface area contributed by atoms with Gasteiger partial charge in [0.1, 0.15) is 17.3 Å². The Balaban J connectivity index is 2.84. The quantitative estimate of drug-likeness (QED) is 0.710. The second-order valence-corrected chi connectivity index (χ2v) is 4.82.